The number of rotatable bonds is 5. The lowest BCUT2D eigenvalue weighted by Crippen LogP contribution is -2.21. The molecule has 1 fully saturated rings. The Labute approximate surface area is 179 Å². The van der Waals surface area contributed by atoms with E-state index in [9.17, 15) is 13.5 Å². The van der Waals surface area contributed by atoms with Crippen LogP contribution in [0.15, 0.2) is 53.8 Å². The summed E-state index contributed by atoms with van der Waals surface area (Å²) < 4.78 is 30.8. The van der Waals surface area contributed by atoms with Crippen LogP contribution in [0.1, 0.15) is 31.2 Å². The molecule has 0 radical (unpaired) electrons. The second-order valence-electron chi connectivity index (χ2n) is 7.88. The third-order valence-electron chi connectivity index (χ3n) is 5.87. The lowest BCUT2D eigenvalue weighted by molar-refractivity contribution is 0.0444. The van der Waals surface area contributed by atoms with E-state index in [-0.39, 0.29) is 10.6 Å². The minimum absolute atomic E-state index is 0.0188. The van der Waals surface area contributed by atoms with Crippen LogP contribution >= 0.6 is 0 Å². The first-order valence-corrected chi connectivity index (χ1v) is 11.5. The van der Waals surface area contributed by atoms with Gasteiger partial charge in [0.15, 0.2) is 0 Å². The molecule has 1 aromatic carbocycles. The molecule has 10 heteroatoms. The van der Waals surface area contributed by atoms with Crippen molar-refractivity contribution < 1.29 is 13.5 Å². The summed E-state index contributed by atoms with van der Waals surface area (Å²) in [7, 11) is -2.21. The molecule has 160 valence electrons. The summed E-state index contributed by atoms with van der Waals surface area (Å²) in [4.78, 5) is 4.30. The van der Waals surface area contributed by atoms with Gasteiger partial charge in [-0.2, -0.15) is 10.2 Å². The van der Waals surface area contributed by atoms with Gasteiger partial charge < -0.3 is 5.11 Å². The van der Waals surface area contributed by atoms with Crippen molar-refractivity contribution in [1.29, 1.82) is 0 Å². The molecule has 31 heavy (non-hydrogen) atoms. The smallest absolute Gasteiger partial charge is 0.265 e. The Morgan fingerprint density at radius 2 is 2.03 bits per heavy atom. The Balaban J connectivity index is 1.53. The molecule has 9 nitrogen and oxygen atoms in total. The predicted molar refractivity (Wildman–Crippen MR) is 116 cm³/mol. The molecule has 0 atom stereocenters. The van der Waals surface area contributed by atoms with E-state index >= 15 is 0 Å². The van der Waals surface area contributed by atoms with Crippen molar-refractivity contribution in [3.63, 3.8) is 0 Å². The van der Waals surface area contributed by atoms with Crippen LogP contribution in [0, 0.1) is 0 Å². The van der Waals surface area contributed by atoms with Gasteiger partial charge in [-0.1, -0.05) is 25.0 Å². The predicted octanol–water partition coefficient (Wildman–Crippen LogP) is 2.92. The molecular formula is C21H22N6O3S. The molecule has 0 saturated heterocycles. The Kier molecular flexibility index (Phi) is 4.56. The lowest BCUT2D eigenvalue weighted by Gasteiger charge is -2.22. The van der Waals surface area contributed by atoms with Crippen molar-refractivity contribution in [3.05, 3.63) is 54.5 Å². The molecule has 1 aliphatic rings. The average Bonchev–Trinajstić information content (AvgIpc) is 3.49. The van der Waals surface area contributed by atoms with Gasteiger partial charge in [-0.3, -0.25) is 19.5 Å². The number of H-pyrrole nitrogens is 1. The first kappa shape index (κ1) is 19.7. The first-order chi connectivity index (χ1) is 14.9. The van der Waals surface area contributed by atoms with Gasteiger partial charge in [-0.15, -0.1) is 0 Å². The van der Waals surface area contributed by atoms with Crippen molar-refractivity contribution in [1.82, 2.24) is 25.0 Å². The van der Waals surface area contributed by atoms with Crippen molar-refractivity contribution in [2.24, 2.45) is 7.05 Å². The molecule has 0 aliphatic heterocycles. The zero-order valence-electron chi connectivity index (χ0n) is 16.9. The highest BCUT2D eigenvalue weighted by Gasteiger charge is 2.34. The zero-order chi connectivity index (χ0) is 21.6. The number of aromatic nitrogens is 5. The van der Waals surface area contributed by atoms with Crippen LogP contribution in [0.25, 0.3) is 22.3 Å². The summed E-state index contributed by atoms with van der Waals surface area (Å²) in [5, 5.41) is 22.7. The monoisotopic (exact) mass is 438 g/mol. The number of para-hydroxylation sites is 1. The van der Waals surface area contributed by atoms with Crippen LogP contribution in [0.2, 0.25) is 0 Å². The third-order valence-corrected chi connectivity index (χ3v) is 7.25. The van der Waals surface area contributed by atoms with Crippen molar-refractivity contribution >= 4 is 26.6 Å². The maximum atomic E-state index is 13.3. The van der Waals surface area contributed by atoms with Crippen LogP contribution in [0.3, 0.4) is 0 Å². The van der Waals surface area contributed by atoms with Gasteiger partial charge >= 0.3 is 0 Å². The maximum absolute atomic E-state index is 13.3. The Morgan fingerprint density at radius 1 is 1.23 bits per heavy atom. The lowest BCUT2D eigenvalue weighted by atomic mass is 9.92. The first-order valence-electron chi connectivity index (χ1n) is 10.0. The SMILES string of the molecule is Cn1ncc2cccc(NS(=O)(=O)c3c[nH]nc3-c3cc(C4(O)CCCC4)ccn3)c21. The largest absolute Gasteiger partial charge is 0.385 e. The molecule has 1 aliphatic carbocycles. The second kappa shape index (κ2) is 7.17. The van der Waals surface area contributed by atoms with E-state index in [1.807, 2.05) is 6.07 Å². The third kappa shape index (κ3) is 3.37. The molecule has 3 N–H and O–H groups in total. The number of pyridine rings is 1. The van der Waals surface area contributed by atoms with Crippen molar-refractivity contribution in [2.45, 2.75) is 36.2 Å². The number of aliphatic hydroxyl groups is 1. The van der Waals surface area contributed by atoms with Crippen LogP contribution in [-0.2, 0) is 22.7 Å². The summed E-state index contributed by atoms with van der Waals surface area (Å²) in [6, 6.07) is 8.83. The molecule has 0 bridgehead atoms. The molecule has 3 heterocycles. The number of fused-ring (bicyclic) bond motifs is 1. The highest BCUT2D eigenvalue weighted by molar-refractivity contribution is 7.92. The van der Waals surface area contributed by atoms with Gasteiger partial charge in [0.2, 0.25) is 0 Å². The number of nitrogens with zero attached hydrogens (tertiary/aromatic N) is 4. The minimum atomic E-state index is -3.97. The Morgan fingerprint density at radius 3 is 2.84 bits per heavy atom. The number of aromatic amines is 1. The van der Waals surface area contributed by atoms with E-state index in [0.717, 1.165) is 23.8 Å². The molecule has 0 unspecified atom stereocenters. The number of aryl methyl sites for hydroxylation is 1. The molecule has 5 rings (SSSR count). The molecule has 4 aromatic rings. The van der Waals surface area contributed by atoms with E-state index in [1.54, 1.807) is 48.4 Å². The van der Waals surface area contributed by atoms with E-state index in [4.69, 9.17) is 0 Å². The number of hydrogen-bond donors (Lipinski definition) is 3. The van der Waals surface area contributed by atoms with E-state index in [0.29, 0.717) is 29.7 Å². The molecule has 1 saturated carbocycles. The number of sulfonamides is 1. The fourth-order valence-corrected chi connectivity index (χ4v) is 5.46. The number of hydrogen-bond acceptors (Lipinski definition) is 6. The number of anilines is 1. The van der Waals surface area contributed by atoms with Gasteiger partial charge in [0.1, 0.15) is 10.6 Å². The standard InChI is InChI=1S/C21H22N6O3S/c1-27-20-14(12-24-27)5-4-6-16(20)26-31(29,30)18-13-23-25-19(18)17-11-15(7-10-22-17)21(28)8-2-3-9-21/h4-7,10-13,26,28H,2-3,8-9H2,1H3,(H,23,25). The quantitative estimate of drug-likeness (QED) is 0.440. The highest BCUT2D eigenvalue weighted by Crippen LogP contribution is 2.39. The summed E-state index contributed by atoms with van der Waals surface area (Å²) in [5.74, 6) is 0. The number of nitrogens with one attached hydrogen (secondary N) is 2. The van der Waals surface area contributed by atoms with Crippen LogP contribution < -0.4 is 4.72 Å². The zero-order valence-corrected chi connectivity index (χ0v) is 17.7. The average molecular weight is 439 g/mol. The van der Waals surface area contributed by atoms with Crippen LogP contribution in [-0.4, -0.2) is 38.5 Å². The van der Waals surface area contributed by atoms with Gasteiger partial charge in [-0.25, -0.2) is 8.42 Å². The van der Waals surface area contributed by atoms with Gasteiger partial charge in [0, 0.05) is 24.8 Å². The highest BCUT2D eigenvalue weighted by atomic mass is 32.2. The molecular weight excluding hydrogens is 416 g/mol. The second-order valence-corrected chi connectivity index (χ2v) is 9.53. The summed E-state index contributed by atoms with van der Waals surface area (Å²) in [6.45, 7) is 0. The van der Waals surface area contributed by atoms with Gasteiger partial charge in [-0.05, 0) is 36.6 Å². The summed E-state index contributed by atoms with van der Waals surface area (Å²) in [5.41, 5.74) is 1.52. The minimum Gasteiger partial charge on any atom is -0.385 e. The maximum Gasteiger partial charge on any atom is 0.265 e. The molecule has 0 amide bonds. The normalized spacial score (nSPS) is 16.1. The van der Waals surface area contributed by atoms with Gasteiger partial charge in [0.05, 0.1) is 28.7 Å². The fraction of sp³-hybridized carbons (Fsp3) is 0.286. The fourth-order valence-electron chi connectivity index (χ4n) is 4.28. The summed E-state index contributed by atoms with van der Waals surface area (Å²) in [6.07, 6.45) is 7.87. The number of benzene rings is 1. The van der Waals surface area contributed by atoms with E-state index in [1.165, 1.54) is 6.20 Å². The van der Waals surface area contributed by atoms with Crippen LogP contribution in [0.5, 0.6) is 0 Å². The van der Waals surface area contributed by atoms with Crippen molar-refractivity contribution in [3.8, 4) is 11.4 Å². The topological polar surface area (TPSA) is 126 Å². The van der Waals surface area contributed by atoms with Crippen molar-refractivity contribution in [2.75, 3.05) is 4.72 Å². The Hall–Kier alpha value is -3.24. The van der Waals surface area contributed by atoms with Crippen LogP contribution in [0.4, 0.5) is 5.69 Å². The molecule has 3 aromatic heterocycles. The summed E-state index contributed by atoms with van der Waals surface area (Å²) >= 11 is 0. The molecule has 0 spiro atoms. The van der Waals surface area contributed by atoms with E-state index in [2.05, 4.69) is 25.0 Å². The Bertz CT molecular complexity index is 1370. The van der Waals surface area contributed by atoms with Gasteiger partial charge in [0.25, 0.3) is 10.0 Å². The van der Waals surface area contributed by atoms with E-state index < -0.39 is 15.6 Å².